The number of primary amides is 1. The molecule has 0 heterocycles. The summed E-state index contributed by atoms with van der Waals surface area (Å²) in [4.78, 5) is 11.2. The van der Waals surface area contributed by atoms with Gasteiger partial charge in [0.05, 0.1) is 4.90 Å². The fourth-order valence-electron chi connectivity index (χ4n) is 1.41. The van der Waals surface area contributed by atoms with E-state index in [2.05, 4.69) is 11.3 Å². The number of rotatable bonds is 6. The minimum Gasteiger partial charge on any atom is -0.366 e. The van der Waals surface area contributed by atoms with Gasteiger partial charge in [-0.25, -0.2) is 13.1 Å². The number of nitrogens with one attached hydrogen (secondary N) is 1. The summed E-state index contributed by atoms with van der Waals surface area (Å²) in [5.74, 6) is -0.643. The SMILES string of the molecule is C=CCCNS(=O)(=O)c1ccc(C)c(C(N)=O)c1. The number of sulfonamides is 1. The fourth-order valence-corrected chi connectivity index (χ4v) is 2.49. The molecule has 0 saturated heterocycles. The van der Waals surface area contributed by atoms with Crippen molar-refractivity contribution in [3.63, 3.8) is 0 Å². The van der Waals surface area contributed by atoms with Gasteiger partial charge in [0.25, 0.3) is 0 Å². The number of hydrogen-bond acceptors (Lipinski definition) is 3. The third-order valence-electron chi connectivity index (χ3n) is 2.43. The molecule has 6 heteroatoms. The van der Waals surface area contributed by atoms with E-state index in [0.29, 0.717) is 12.0 Å². The number of benzene rings is 1. The van der Waals surface area contributed by atoms with Crippen LogP contribution in [0, 0.1) is 6.92 Å². The van der Waals surface area contributed by atoms with Crippen LogP contribution in [0.3, 0.4) is 0 Å². The van der Waals surface area contributed by atoms with Crippen LogP contribution in [-0.2, 0) is 10.0 Å². The molecule has 98 valence electrons. The minimum absolute atomic E-state index is 0.0333. The van der Waals surface area contributed by atoms with Crippen molar-refractivity contribution in [3.05, 3.63) is 42.0 Å². The van der Waals surface area contributed by atoms with Gasteiger partial charge < -0.3 is 5.73 Å². The van der Waals surface area contributed by atoms with Crippen molar-refractivity contribution in [2.45, 2.75) is 18.2 Å². The van der Waals surface area contributed by atoms with Crippen LogP contribution in [0.15, 0.2) is 35.7 Å². The first-order valence-corrected chi connectivity index (χ1v) is 6.88. The summed E-state index contributed by atoms with van der Waals surface area (Å²) in [5.41, 5.74) is 6.04. The molecule has 0 saturated carbocycles. The summed E-state index contributed by atoms with van der Waals surface area (Å²) in [5, 5.41) is 0. The van der Waals surface area contributed by atoms with Gasteiger partial charge in [-0.2, -0.15) is 0 Å². The molecule has 0 aliphatic rings. The zero-order chi connectivity index (χ0) is 13.8. The summed E-state index contributed by atoms with van der Waals surface area (Å²) in [6.07, 6.45) is 2.15. The quantitative estimate of drug-likeness (QED) is 0.594. The molecule has 0 radical (unpaired) electrons. The summed E-state index contributed by atoms with van der Waals surface area (Å²) in [6.45, 7) is 5.47. The van der Waals surface area contributed by atoms with Gasteiger partial charge in [0.1, 0.15) is 0 Å². The fraction of sp³-hybridized carbons (Fsp3) is 0.250. The second kappa shape index (κ2) is 5.79. The molecule has 0 spiro atoms. The number of aryl methyl sites for hydroxylation is 1. The predicted molar refractivity (Wildman–Crippen MR) is 69.7 cm³/mol. The van der Waals surface area contributed by atoms with E-state index in [-0.39, 0.29) is 17.0 Å². The normalized spacial score (nSPS) is 11.2. The molecule has 0 unspecified atom stereocenters. The van der Waals surface area contributed by atoms with Crippen LogP contribution < -0.4 is 10.5 Å². The van der Waals surface area contributed by atoms with Crippen LogP contribution in [0.1, 0.15) is 22.3 Å². The predicted octanol–water partition coefficient (Wildman–Crippen LogP) is 0.948. The van der Waals surface area contributed by atoms with Crippen molar-refractivity contribution < 1.29 is 13.2 Å². The lowest BCUT2D eigenvalue weighted by Crippen LogP contribution is -2.25. The van der Waals surface area contributed by atoms with Crippen LogP contribution in [0.5, 0.6) is 0 Å². The molecule has 18 heavy (non-hydrogen) atoms. The zero-order valence-electron chi connectivity index (χ0n) is 10.1. The van der Waals surface area contributed by atoms with E-state index in [9.17, 15) is 13.2 Å². The lowest BCUT2D eigenvalue weighted by atomic mass is 10.1. The van der Waals surface area contributed by atoms with E-state index in [1.54, 1.807) is 19.1 Å². The highest BCUT2D eigenvalue weighted by atomic mass is 32.2. The van der Waals surface area contributed by atoms with Gasteiger partial charge >= 0.3 is 0 Å². The Labute approximate surface area is 107 Å². The minimum atomic E-state index is -3.61. The van der Waals surface area contributed by atoms with Crippen LogP contribution in [0.2, 0.25) is 0 Å². The van der Waals surface area contributed by atoms with E-state index in [1.165, 1.54) is 12.1 Å². The number of nitrogens with two attached hydrogens (primary N) is 1. The van der Waals surface area contributed by atoms with Crippen molar-refractivity contribution in [1.82, 2.24) is 4.72 Å². The van der Waals surface area contributed by atoms with Crippen molar-refractivity contribution in [2.24, 2.45) is 5.73 Å². The van der Waals surface area contributed by atoms with Gasteiger partial charge in [-0.15, -0.1) is 6.58 Å². The summed E-state index contributed by atoms with van der Waals surface area (Å²) < 4.78 is 26.2. The van der Waals surface area contributed by atoms with Gasteiger partial charge in [0.15, 0.2) is 0 Å². The molecular weight excluding hydrogens is 252 g/mol. The highest BCUT2D eigenvalue weighted by molar-refractivity contribution is 7.89. The maximum Gasteiger partial charge on any atom is 0.249 e. The molecule has 3 N–H and O–H groups in total. The third-order valence-corrected chi connectivity index (χ3v) is 3.88. The monoisotopic (exact) mass is 268 g/mol. The van der Waals surface area contributed by atoms with Crippen molar-refractivity contribution in [3.8, 4) is 0 Å². The summed E-state index contributed by atoms with van der Waals surface area (Å²) in [6, 6.07) is 4.29. The van der Waals surface area contributed by atoms with E-state index < -0.39 is 15.9 Å². The Balaban J connectivity index is 3.06. The van der Waals surface area contributed by atoms with Gasteiger partial charge in [0, 0.05) is 12.1 Å². The largest absolute Gasteiger partial charge is 0.366 e. The van der Waals surface area contributed by atoms with Crippen LogP contribution in [0.4, 0.5) is 0 Å². The van der Waals surface area contributed by atoms with Crippen molar-refractivity contribution in [2.75, 3.05) is 6.54 Å². The van der Waals surface area contributed by atoms with E-state index >= 15 is 0 Å². The number of carbonyl (C=O) groups is 1. The number of amides is 1. The highest BCUT2D eigenvalue weighted by Crippen LogP contribution is 2.15. The molecule has 1 aromatic rings. The molecule has 5 nitrogen and oxygen atoms in total. The van der Waals surface area contributed by atoms with Gasteiger partial charge in [-0.05, 0) is 31.0 Å². The molecule has 1 rings (SSSR count). The topological polar surface area (TPSA) is 89.3 Å². The Morgan fingerprint density at radius 1 is 1.50 bits per heavy atom. The molecule has 0 aliphatic heterocycles. The molecule has 0 aliphatic carbocycles. The third kappa shape index (κ3) is 3.41. The maximum absolute atomic E-state index is 11.9. The molecule has 0 aromatic heterocycles. The van der Waals surface area contributed by atoms with E-state index in [4.69, 9.17) is 5.73 Å². The Morgan fingerprint density at radius 2 is 2.17 bits per heavy atom. The molecule has 1 amide bonds. The summed E-state index contributed by atoms with van der Waals surface area (Å²) in [7, 11) is -3.61. The van der Waals surface area contributed by atoms with Crippen molar-refractivity contribution >= 4 is 15.9 Å². The second-order valence-electron chi connectivity index (χ2n) is 3.82. The maximum atomic E-state index is 11.9. The van der Waals surface area contributed by atoms with Gasteiger partial charge in [0.2, 0.25) is 15.9 Å². The Kier molecular flexibility index (Phi) is 4.63. The molecule has 0 fully saturated rings. The first-order valence-electron chi connectivity index (χ1n) is 5.39. The Morgan fingerprint density at radius 3 is 2.72 bits per heavy atom. The molecular formula is C12H16N2O3S. The summed E-state index contributed by atoms with van der Waals surface area (Å²) >= 11 is 0. The second-order valence-corrected chi connectivity index (χ2v) is 5.58. The number of hydrogen-bond donors (Lipinski definition) is 2. The average molecular weight is 268 g/mol. The lowest BCUT2D eigenvalue weighted by molar-refractivity contribution is 0.0999. The average Bonchev–Trinajstić information content (AvgIpc) is 2.29. The van der Waals surface area contributed by atoms with Crippen LogP contribution >= 0.6 is 0 Å². The Bertz CT molecular complexity index is 565. The first kappa shape index (κ1) is 14.4. The highest BCUT2D eigenvalue weighted by Gasteiger charge is 2.16. The van der Waals surface area contributed by atoms with Crippen molar-refractivity contribution in [1.29, 1.82) is 0 Å². The Hall–Kier alpha value is -1.66. The van der Waals surface area contributed by atoms with E-state index in [0.717, 1.165) is 0 Å². The van der Waals surface area contributed by atoms with Crippen LogP contribution in [0.25, 0.3) is 0 Å². The molecule has 1 aromatic carbocycles. The van der Waals surface area contributed by atoms with Gasteiger partial charge in [-0.3, -0.25) is 4.79 Å². The molecule has 0 bridgehead atoms. The smallest absolute Gasteiger partial charge is 0.249 e. The van der Waals surface area contributed by atoms with Gasteiger partial charge in [-0.1, -0.05) is 12.1 Å². The first-order chi connectivity index (χ1) is 8.38. The standard InChI is InChI=1S/C12H16N2O3S/c1-3-4-7-14-18(16,17)10-6-5-9(2)11(8-10)12(13)15/h3,5-6,8,14H,1,4,7H2,2H3,(H2,13,15). The van der Waals surface area contributed by atoms with Crippen LogP contribution in [-0.4, -0.2) is 20.9 Å². The van der Waals surface area contributed by atoms with E-state index in [1.807, 2.05) is 0 Å². The number of carbonyl (C=O) groups excluding carboxylic acids is 1. The molecule has 0 atom stereocenters. The lowest BCUT2D eigenvalue weighted by Gasteiger charge is -2.08. The zero-order valence-corrected chi connectivity index (χ0v) is 11.0.